The van der Waals surface area contributed by atoms with E-state index in [1.54, 1.807) is 43.5 Å². The maximum atomic E-state index is 11.8. The van der Waals surface area contributed by atoms with Gasteiger partial charge in [0.25, 0.3) is 5.69 Å². The summed E-state index contributed by atoms with van der Waals surface area (Å²) in [6.45, 7) is 2.11. The quantitative estimate of drug-likeness (QED) is 0.168. The van der Waals surface area contributed by atoms with Crippen LogP contribution in [0.2, 0.25) is 0 Å². The van der Waals surface area contributed by atoms with Gasteiger partial charge in [-0.3, -0.25) is 19.7 Å². The van der Waals surface area contributed by atoms with Crippen LogP contribution < -0.4 is 0 Å². The number of nitro groups is 1. The summed E-state index contributed by atoms with van der Waals surface area (Å²) >= 11 is 0. The number of benzene rings is 1. The summed E-state index contributed by atoms with van der Waals surface area (Å²) in [6, 6.07) is 9.75. The normalized spacial score (nSPS) is 10.7. The maximum absolute atomic E-state index is 11.8. The zero-order chi connectivity index (χ0) is 19.8. The molecule has 0 aliphatic heterocycles. The van der Waals surface area contributed by atoms with Crippen LogP contribution in [0.25, 0.3) is 6.08 Å². The topological polar surface area (TPSA) is 109 Å². The van der Waals surface area contributed by atoms with Crippen LogP contribution in [-0.4, -0.2) is 33.6 Å². The van der Waals surface area contributed by atoms with Gasteiger partial charge in [0.05, 0.1) is 18.0 Å². The van der Waals surface area contributed by atoms with Crippen molar-refractivity contribution in [2.75, 3.05) is 6.61 Å². The van der Waals surface area contributed by atoms with Crippen molar-refractivity contribution in [3.8, 4) is 0 Å². The molecule has 2 rings (SSSR count). The van der Waals surface area contributed by atoms with Crippen molar-refractivity contribution in [2.45, 2.75) is 19.9 Å². The first-order chi connectivity index (χ1) is 12.9. The predicted octanol–water partition coefficient (Wildman–Crippen LogP) is 2.55. The summed E-state index contributed by atoms with van der Waals surface area (Å²) in [7, 11) is 0. The average Bonchev–Trinajstić information content (AvgIpc) is 3.07. The number of carbonyl (C=O) groups excluding carboxylic acids is 3. The number of ketones is 2. The number of nitrogens with zero attached hydrogens (tertiary/aromatic N) is 2. The molecule has 8 heteroatoms. The van der Waals surface area contributed by atoms with Crippen LogP contribution in [0, 0.1) is 10.1 Å². The lowest BCUT2D eigenvalue weighted by atomic mass is 10.2. The first kappa shape index (κ1) is 19.8. The van der Waals surface area contributed by atoms with E-state index >= 15 is 0 Å². The highest BCUT2D eigenvalue weighted by Crippen LogP contribution is 2.14. The van der Waals surface area contributed by atoms with E-state index in [0.29, 0.717) is 12.2 Å². The molecule has 0 bridgehead atoms. The summed E-state index contributed by atoms with van der Waals surface area (Å²) in [5.74, 6) is -2.40. The molecule has 2 aromatic rings. The molecular formula is C19H18N2O6. The van der Waals surface area contributed by atoms with Gasteiger partial charge in [0, 0.05) is 30.6 Å². The van der Waals surface area contributed by atoms with Crippen molar-refractivity contribution in [3.05, 3.63) is 70.0 Å². The minimum Gasteiger partial charge on any atom is -0.460 e. The Morgan fingerprint density at radius 1 is 1.19 bits per heavy atom. The van der Waals surface area contributed by atoms with Crippen LogP contribution in [0.3, 0.4) is 0 Å². The molecule has 0 amide bonds. The van der Waals surface area contributed by atoms with E-state index < -0.39 is 28.9 Å². The molecule has 0 fully saturated rings. The number of hydrogen-bond acceptors (Lipinski definition) is 6. The van der Waals surface area contributed by atoms with Gasteiger partial charge in [-0.1, -0.05) is 12.1 Å². The smallest absolute Gasteiger partial charge is 0.375 e. The number of rotatable bonds is 9. The highest BCUT2D eigenvalue weighted by Gasteiger charge is 2.17. The number of carbonyl (C=O) groups is 3. The van der Waals surface area contributed by atoms with Crippen LogP contribution >= 0.6 is 0 Å². The van der Waals surface area contributed by atoms with Crippen LogP contribution in [0.5, 0.6) is 0 Å². The van der Waals surface area contributed by atoms with Gasteiger partial charge in [0.1, 0.15) is 0 Å². The lowest BCUT2D eigenvalue weighted by Crippen LogP contribution is -2.19. The van der Waals surface area contributed by atoms with Crippen LogP contribution in [0.4, 0.5) is 5.69 Å². The summed E-state index contributed by atoms with van der Waals surface area (Å²) < 4.78 is 6.40. The second-order valence-electron chi connectivity index (χ2n) is 5.60. The van der Waals surface area contributed by atoms with Gasteiger partial charge in [-0.25, -0.2) is 4.79 Å². The number of nitro benzene ring substituents is 1. The molecule has 1 aromatic carbocycles. The Morgan fingerprint density at radius 2 is 1.89 bits per heavy atom. The van der Waals surface area contributed by atoms with Gasteiger partial charge in [0.15, 0.2) is 5.78 Å². The molecule has 140 valence electrons. The second kappa shape index (κ2) is 9.23. The highest BCUT2D eigenvalue weighted by molar-refractivity contribution is 6.37. The minimum absolute atomic E-state index is 0.0169. The Balaban J connectivity index is 2.00. The number of hydrogen-bond donors (Lipinski definition) is 0. The molecule has 27 heavy (non-hydrogen) atoms. The zero-order valence-corrected chi connectivity index (χ0v) is 14.7. The van der Waals surface area contributed by atoms with E-state index in [9.17, 15) is 24.5 Å². The van der Waals surface area contributed by atoms with E-state index in [4.69, 9.17) is 0 Å². The zero-order valence-electron chi connectivity index (χ0n) is 14.7. The fourth-order valence-electron chi connectivity index (χ4n) is 2.32. The Bertz CT molecular complexity index is 880. The fraction of sp³-hybridized carbons (Fsp3) is 0.211. The molecular weight excluding hydrogens is 352 g/mol. The number of ether oxygens (including phenoxy) is 1. The van der Waals surface area contributed by atoms with Crippen molar-refractivity contribution < 1.29 is 24.0 Å². The number of esters is 1. The molecule has 0 aliphatic rings. The average molecular weight is 370 g/mol. The number of Topliss-reactive ketones (excluding diaryl/α,β-unsaturated/α-hetero) is 1. The standard InChI is InChI=1S/C19H18N2O6/c1-2-27-19(24)18(23)12-17(22)10-9-15-4-3-11-20(15)13-14-5-7-16(8-6-14)21(25)26/h3-11H,2,12-13H2,1H3/b10-9+. The van der Waals surface area contributed by atoms with Gasteiger partial charge < -0.3 is 9.30 Å². The number of allylic oxidation sites excluding steroid dienone is 1. The summed E-state index contributed by atoms with van der Waals surface area (Å²) in [5.41, 5.74) is 1.59. The molecule has 8 nitrogen and oxygen atoms in total. The highest BCUT2D eigenvalue weighted by atomic mass is 16.6. The van der Waals surface area contributed by atoms with Crippen molar-refractivity contribution in [1.82, 2.24) is 4.57 Å². The molecule has 0 saturated heterocycles. The van der Waals surface area contributed by atoms with Gasteiger partial charge in [-0.05, 0) is 36.8 Å². The van der Waals surface area contributed by atoms with Crippen LogP contribution in [0.1, 0.15) is 24.6 Å². The number of non-ortho nitro benzene ring substituents is 1. The van der Waals surface area contributed by atoms with Crippen molar-refractivity contribution in [2.24, 2.45) is 0 Å². The van der Waals surface area contributed by atoms with E-state index in [2.05, 4.69) is 4.74 Å². The third-order valence-electron chi connectivity index (χ3n) is 3.64. The maximum Gasteiger partial charge on any atom is 0.375 e. The molecule has 0 aliphatic carbocycles. The molecule has 0 radical (unpaired) electrons. The lowest BCUT2D eigenvalue weighted by molar-refractivity contribution is -0.384. The van der Waals surface area contributed by atoms with E-state index in [1.165, 1.54) is 18.2 Å². The predicted molar refractivity (Wildman–Crippen MR) is 96.9 cm³/mol. The van der Waals surface area contributed by atoms with Gasteiger partial charge in [-0.2, -0.15) is 0 Å². The third kappa shape index (κ3) is 5.74. The van der Waals surface area contributed by atoms with Crippen LogP contribution in [-0.2, 0) is 25.7 Å². The van der Waals surface area contributed by atoms with Gasteiger partial charge >= 0.3 is 5.97 Å². The van der Waals surface area contributed by atoms with E-state index in [1.807, 2.05) is 4.57 Å². The summed E-state index contributed by atoms with van der Waals surface area (Å²) in [4.78, 5) is 44.8. The monoisotopic (exact) mass is 370 g/mol. The molecule has 0 N–H and O–H groups in total. The molecule has 0 atom stereocenters. The van der Waals surface area contributed by atoms with E-state index in [0.717, 1.165) is 5.56 Å². The lowest BCUT2D eigenvalue weighted by Gasteiger charge is -2.06. The van der Waals surface area contributed by atoms with Gasteiger partial charge in [-0.15, -0.1) is 0 Å². The summed E-state index contributed by atoms with van der Waals surface area (Å²) in [5, 5.41) is 10.7. The number of aromatic nitrogens is 1. The SMILES string of the molecule is CCOC(=O)C(=O)CC(=O)/C=C/c1cccn1Cc1ccc([N+](=O)[O-])cc1. The minimum atomic E-state index is -1.01. The Kier molecular flexibility index (Phi) is 6.76. The molecule has 1 aromatic heterocycles. The molecule has 1 heterocycles. The second-order valence-corrected chi connectivity index (χ2v) is 5.60. The summed E-state index contributed by atoms with van der Waals surface area (Å²) in [6.07, 6.45) is 4.04. The van der Waals surface area contributed by atoms with E-state index in [-0.39, 0.29) is 12.3 Å². The Hall–Kier alpha value is -3.55. The van der Waals surface area contributed by atoms with Gasteiger partial charge in [0.2, 0.25) is 5.78 Å². The van der Waals surface area contributed by atoms with Crippen molar-refractivity contribution in [1.29, 1.82) is 0 Å². The van der Waals surface area contributed by atoms with Crippen molar-refractivity contribution >= 4 is 29.3 Å². The largest absolute Gasteiger partial charge is 0.460 e. The third-order valence-corrected chi connectivity index (χ3v) is 3.64. The Labute approximate surface area is 155 Å². The van der Waals surface area contributed by atoms with Crippen molar-refractivity contribution in [3.63, 3.8) is 0 Å². The fourth-order valence-corrected chi connectivity index (χ4v) is 2.32. The Morgan fingerprint density at radius 3 is 2.52 bits per heavy atom. The first-order valence-corrected chi connectivity index (χ1v) is 8.20. The molecule has 0 spiro atoms. The molecule has 0 saturated carbocycles. The van der Waals surface area contributed by atoms with Crippen LogP contribution in [0.15, 0.2) is 48.7 Å². The first-order valence-electron chi connectivity index (χ1n) is 8.20. The molecule has 0 unspecified atom stereocenters.